The van der Waals surface area contributed by atoms with E-state index in [0.717, 1.165) is 6.07 Å². The van der Waals surface area contributed by atoms with Crippen molar-refractivity contribution in [3.63, 3.8) is 0 Å². The lowest BCUT2D eigenvalue weighted by Crippen LogP contribution is -2.35. The van der Waals surface area contributed by atoms with Gasteiger partial charge in [0, 0.05) is 37.7 Å². The number of nitrogens with zero attached hydrogens (tertiary/aromatic N) is 2. The van der Waals surface area contributed by atoms with E-state index >= 15 is 0 Å². The Balaban J connectivity index is 2.42. The molecule has 122 valence electrons. The molecule has 1 aromatic heterocycles. The molecule has 2 rings (SSSR count). The van der Waals surface area contributed by atoms with Gasteiger partial charge < -0.3 is 9.64 Å². The number of amides is 1. The molecule has 0 saturated heterocycles. The highest BCUT2D eigenvalue weighted by atomic mass is 19.1. The first-order valence-corrected chi connectivity index (χ1v) is 7.22. The molecule has 1 aromatic carbocycles. The van der Waals surface area contributed by atoms with Crippen LogP contribution in [0.1, 0.15) is 24.1 Å². The lowest BCUT2D eigenvalue weighted by atomic mass is 9.98. The van der Waals surface area contributed by atoms with Crippen LogP contribution in [-0.4, -0.2) is 36.1 Å². The van der Waals surface area contributed by atoms with Crippen molar-refractivity contribution in [3.05, 3.63) is 65.5 Å². The van der Waals surface area contributed by atoms with Crippen LogP contribution in [0.2, 0.25) is 0 Å². The first-order valence-electron chi connectivity index (χ1n) is 7.22. The topological polar surface area (TPSA) is 42.4 Å². The number of benzene rings is 1. The van der Waals surface area contributed by atoms with Gasteiger partial charge >= 0.3 is 0 Å². The molecule has 6 heteroatoms. The smallest absolute Gasteiger partial charge is 0.249 e. The summed E-state index contributed by atoms with van der Waals surface area (Å²) in [6.07, 6.45) is 3.14. The molecule has 2 aromatic rings. The van der Waals surface area contributed by atoms with E-state index in [4.69, 9.17) is 4.74 Å². The van der Waals surface area contributed by atoms with Crippen molar-refractivity contribution in [3.8, 4) is 0 Å². The molecule has 0 aliphatic heterocycles. The summed E-state index contributed by atoms with van der Waals surface area (Å²) >= 11 is 0. The van der Waals surface area contributed by atoms with Gasteiger partial charge in [0.05, 0.1) is 6.04 Å². The number of aromatic nitrogens is 1. The third-order valence-corrected chi connectivity index (χ3v) is 3.47. The van der Waals surface area contributed by atoms with Crippen molar-refractivity contribution in [1.82, 2.24) is 9.88 Å². The number of likely N-dealkylation sites (N-methyl/N-ethyl adjacent to an activating group) is 1. The van der Waals surface area contributed by atoms with Crippen LogP contribution in [0.3, 0.4) is 0 Å². The minimum Gasteiger partial charge on any atom is -0.372 e. The Bertz CT molecular complexity index is 665. The summed E-state index contributed by atoms with van der Waals surface area (Å²) in [5.74, 6) is -1.68. The van der Waals surface area contributed by atoms with Crippen molar-refractivity contribution in [2.75, 3.05) is 20.3 Å². The minimum atomic E-state index is -0.713. The maximum Gasteiger partial charge on any atom is 0.249 e. The maximum absolute atomic E-state index is 14.2. The fourth-order valence-electron chi connectivity index (χ4n) is 2.31. The molecule has 0 saturated carbocycles. The average molecular weight is 320 g/mol. The average Bonchev–Trinajstić information content (AvgIpc) is 2.55. The van der Waals surface area contributed by atoms with Crippen molar-refractivity contribution in [2.45, 2.75) is 13.0 Å². The van der Waals surface area contributed by atoms with Crippen LogP contribution < -0.4 is 0 Å². The Hall–Kier alpha value is -2.34. The van der Waals surface area contributed by atoms with Crippen LogP contribution in [-0.2, 0) is 9.53 Å². The highest BCUT2D eigenvalue weighted by Gasteiger charge is 2.26. The zero-order valence-corrected chi connectivity index (χ0v) is 13.0. The number of carbonyl (C=O) groups excluding carboxylic acids is 1. The quantitative estimate of drug-likeness (QED) is 0.822. The summed E-state index contributed by atoms with van der Waals surface area (Å²) in [4.78, 5) is 17.6. The standard InChI is InChI=1S/C17H18F2N2O2/c1-3-23-11-16(22)21(2)17(12-5-4-8-20-10-12)14-7-6-13(18)9-15(14)19/h4-10,17H,3,11H2,1-2H3/t17-/m0/s1. The highest BCUT2D eigenvalue weighted by Crippen LogP contribution is 2.29. The van der Waals surface area contributed by atoms with Gasteiger partial charge in [0.2, 0.25) is 5.91 Å². The third kappa shape index (κ3) is 4.10. The fraction of sp³-hybridized carbons (Fsp3) is 0.294. The predicted molar refractivity (Wildman–Crippen MR) is 81.7 cm³/mol. The van der Waals surface area contributed by atoms with Crippen LogP contribution in [0.5, 0.6) is 0 Å². The largest absolute Gasteiger partial charge is 0.372 e. The first kappa shape index (κ1) is 17.0. The monoisotopic (exact) mass is 320 g/mol. The number of pyridine rings is 1. The second kappa shape index (κ2) is 7.78. The van der Waals surface area contributed by atoms with Gasteiger partial charge in [-0.1, -0.05) is 12.1 Å². The molecule has 0 radical (unpaired) electrons. The van der Waals surface area contributed by atoms with E-state index < -0.39 is 17.7 Å². The minimum absolute atomic E-state index is 0.105. The molecular formula is C17H18F2N2O2. The summed E-state index contributed by atoms with van der Waals surface area (Å²) in [7, 11) is 1.56. The van der Waals surface area contributed by atoms with E-state index in [1.165, 1.54) is 17.0 Å². The molecule has 0 spiro atoms. The lowest BCUT2D eigenvalue weighted by molar-refractivity contribution is -0.136. The van der Waals surface area contributed by atoms with E-state index in [0.29, 0.717) is 12.2 Å². The molecule has 0 bridgehead atoms. The lowest BCUT2D eigenvalue weighted by Gasteiger charge is -2.29. The van der Waals surface area contributed by atoms with Gasteiger partial charge in [-0.05, 0) is 24.6 Å². The molecule has 4 nitrogen and oxygen atoms in total. The zero-order valence-electron chi connectivity index (χ0n) is 13.0. The van der Waals surface area contributed by atoms with Crippen LogP contribution in [0, 0.1) is 11.6 Å². The van der Waals surface area contributed by atoms with E-state index in [1.807, 2.05) is 0 Å². The van der Waals surface area contributed by atoms with Gasteiger partial charge in [0.15, 0.2) is 0 Å². The molecule has 0 aliphatic rings. The van der Waals surface area contributed by atoms with Crippen LogP contribution in [0.4, 0.5) is 8.78 Å². The Morgan fingerprint density at radius 2 is 2.13 bits per heavy atom. The van der Waals surface area contributed by atoms with Gasteiger partial charge in [-0.15, -0.1) is 0 Å². The van der Waals surface area contributed by atoms with E-state index in [-0.39, 0.29) is 18.1 Å². The van der Waals surface area contributed by atoms with Gasteiger partial charge in [-0.3, -0.25) is 9.78 Å². The molecule has 0 fully saturated rings. The number of carbonyl (C=O) groups is 1. The van der Waals surface area contributed by atoms with E-state index in [2.05, 4.69) is 4.98 Å². The zero-order chi connectivity index (χ0) is 16.8. The number of halogens is 2. The van der Waals surface area contributed by atoms with Crippen LogP contribution in [0.25, 0.3) is 0 Å². The summed E-state index contributed by atoms with van der Waals surface area (Å²) in [6, 6.07) is 6.04. The van der Waals surface area contributed by atoms with Crippen LogP contribution in [0.15, 0.2) is 42.7 Å². The molecule has 1 amide bonds. The maximum atomic E-state index is 14.2. The van der Waals surface area contributed by atoms with Crippen molar-refractivity contribution in [1.29, 1.82) is 0 Å². The van der Waals surface area contributed by atoms with Gasteiger partial charge in [0.1, 0.15) is 18.2 Å². The second-order valence-corrected chi connectivity index (χ2v) is 5.00. The Morgan fingerprint density at radius 3 is 2.74 bits per heavy atom. The summed E-state index contributed by atoms with van der Waals surface area (Å²) in [5.41, 5.74) is 0.831. The molecule has 1 heterocycles. The SMILES string of the molecule is CCOCC(=O)N(C)[C@@H](c1cccnc1)c1ccc(F)cc1F. The van der Waals surface area contributed by atoms with E-state index in [9.17, 15) is 13.6 Å². The molecule has 0 aliphatic carbocycles. The highest BCUT2D eigenvalue weighted by molar-refractivity contribution is 5.78. The van der Waals surface area contributed by atoms with Gasteiger partial charge in [0.25, 0.3) is 0 Å². The number of rotatable bonds is 6. The second-order valence-electron chi connectivity index (χ2n) is 5.00. The van der Waals surface area contributed by atoms with Crippen molar-refractivity contribution in [2.24, 2.45) is 0 Å². The Morgan fingerprint density at radius 1 is 1.35 bits per heavy atom. The third-order valence-electron chi connectivity index (χ3n) is 3.47. The van der Waals surface area contributed by atoms with E-state index in [1.54, 1.807) is 38.5 Å². The van der Waals surface area contributed by atoms with Crippen LogP contribution >= 0.6 is 0 Å². The predicted octanol–water partition coefficient (Wildman–Crippen LogP) is 2.94. The molecule has 23 heavy (non-hydrogen) atoms. The summed E-state index contributed by atoms with van der Waals surface area (Å²) < 4.78 is 32.5. The normalized spacial score (nSPS) is 12.0. The summed E-state index contributed by atoms with van der Waals surface area (Å²) in [5, 5.41) is 0. The fourth-order valence-corrected chi connectivity index (χ4v) is 2.31. The van der Waals surface area contributed by atoms with Gasteiger partial charge in [-0.25, -0.2) is 8.78 Å². The molecule has 0 unspecified atom stereocenters. The first-order chi connectivity index (χ1) is 11.0. The Kier molecular flexibility index (Phi) is 5.76. The Labute approximate surface area is 133 Å². The molecule has 0 N–H and O–H groups in total. The van der Waals surface area contributed by atoms with Crippen molar-refractivity contribution < 1.29 is 18.3 Å². The molecular weight excluding hydrogens is 302 g/mol. The number of hydrogen-bond donors (Lipinski definition) is 0. The molecule has 1 atom stereocenters. The number of ether oxygens (including phenoxy) is 1. The number of hydrogen-bond acceptors (Lipinski definition) is 3. The van der Waals surface area contributed by atoms with Crippen molar-refractivity contribution >= 4 is 5.91 Å². The summed E-state index contributed by atoms with van der Waals surface area (Å²) in [6.45, 7) is 2.08. The van der Waals surface area contributed by atoms with Gasteiger partial charge in [-0.2, -0.15) is 0 Å².